The van der Waals surface area contributed by atoms with E-state index in [1.165, 1.54) is 5.56 Å². The zero-order valence-electron chi connectivity index (χ0n) is 11.1. The fourth-order valence-corrected chi connectivity index (χ4v) is 2.51. The number of nitrogens with two attached hydrogens (primary N) is 1. The highest BCUT2D eigenvalue weighted by Gasteiger charge is 2.32. The Morgan fingerprint density at radius 1 is 1.39 bits per heavy atom. The van der Waals surface area contributed by atoms with Crippen molar-refractivity contribution in [3.63, 3.8) is 0 Å². The van der Waals surface area contributed by atoms with Gasteiger partial charge in [-0.25, -0.2) is 0 Å². The third kappa shape index (κ3) is 3.45. The highest BCUT2D eigenvalue weighted by atomic mass is 16.5. The molecule has 0 aliphatic carbocycles. The van der Waals surface area contributed by atoms with Crippen LogP contribution in [0.5, 0.6) is 0 Å². The summed E-state index contributed by atoms with van der Waals surface area (Å²) in [7, 11) is 0. The summed E-state index contributed by atoms with van der Waals surface area (Å²) in [5, 5.41) is 9.28. The molecule has 1 aliphatic rings. The van der Waals surface area contributed by atoms with Gasteiger partial charge in [0.05, 0.1) is 18.3 Å². The Hall–Kier alpha value is -1.10. The van der Waals surface area contributed by atoms with Crippen molar-refractivity contribution in [3.8, 4) is 0 Å². The number of benzene rings is 1. The molecule has 18 heavy (non-hydrogen) atoms. The van der Waals surface area contributed by atoms with Crippen LogP contribution in [0.4, 0.5) is 5.69 Å². The van der Waals surface area contributed by atoms with Gasteiger partial charge in [-0.15, -0.1) is 0 Å². The number of hydrogen-bond donors (Lipinski definition) is 2. The molecule has 1 unspecified atom stereocenters. The van der Waals surface area contributed by atoms with Crippen molar-refractivity contribution in [2.75, 3.05) is 25.4 Å². The third-order valence-corrected chi connectivity index (χ3v) is 3.14. The fraction of sp³-hybridized carbons (Fsp3) is 0.571. The molecular weight excluding hydrogens is 228 g/mol. The zero-order valence-corrected chi connectivity index (χ0v) is 11.1. The maximum atomic E-state index is 9.28. The molecule has 0 spiro atoms. The molecule has 0 saturated carbocycles. The first kappa shape index (κ1) is 13.3. The van der Waals surface area contributed by atoms with Crippen molar-refractivity contribution in [1.29, 1.82) is 0 Å². The van der Waals surface area contributed by atoms with E-state index in [4.69, 9.17) is 10.5 Å². The number of ether oxygens (including phenoxy) is 1. The largest absolute Gasteiger partial charge is 0.399 e. The van der Waals surface area contributed by atoms with Crippen molar-refractivity contribution in [3.05, 3.63) is 29.8 Å². The molecule has 1 fully saturated rings. The predicted octanol–water partition coefficient (Wildman–Crippen LogP) is 1.24. The van der Waals surface area contributed by atoms with E-state index in [1.54, 1.807) is 0 Å². The summed E-state index contributed by atoms with van der Waals surface area (Å²) in [6.07, 6.45) is -0.0949. The van der Waals surface area contributed by atoms with E-state index in [2.05, 4.69) is 18.7 Å². The van der Waals surface area contributed by atoms with Gasteiger partial charge >= 0.3 is 0 Å². The number of nitrogens with zero attached hydrogens (tertiary/aromatic N) is 1. The van der Waals surface area contributed by atoms with Gasteiger partial charge in [0, 0.05) is 25.3 Å². The zero-order chi connectivity index (χ0) is 13.2. The smallest absolute Gasteiger partial charge is 0.0940 e. The monoisotopic (exact) mass is 250 g/mol. The number of aliphatic hydroxyl groups excluding tert-OH is 1. The molecule has 3 N–H and O–H groups in total. The van der Waals surface area contributed by atoms with Crippen molar-refractivity contribution in [2.24, 2.45) is 0 Å². The molecule has 4 nitrogen and oxygen atoms in total. The van der Waals surface area contributed by atoms with Gasteiger partial charge in [0.1, 0.15) is 0 Å². The van der Waals surface area contributed by atoms with E-state index < -0.39 is 0 Å². The summed E-state index contributed by atoms with van der Waals surface area (Å²) in [6.45, 7) is 6.69. The van der Waals surface area contributed by atoms with Crippen molar-refractivity contribution in [2.45, 2.75) is 32.1 Å². The van der Waals surface area contributed by atoms with Crippen LogP contribution in [0.1, 0.15) is 19.4 Å². The van der Waals surface area contributed by atoms with Gasteiger partial charge in [-0.1, -0.05) is 12.1 Å². The third-order valence-electron chi connectivity index (χ3n) is 3.14. The molecule has 1 atom stereocenters. The van der Waals surface area contributed by atoms with Crippen molar-refractivity contribution < 1.29 is 9.84 Å². The van der Waals surface area contributed by atoms with E-state index in [0.29, 0.717) is 0 Å². The average Bonchev–Trinajstić information content (AvgIpc) is 2.30. The molecule has 0 aromatic heterocycles. The van der Waals surface area contributed by atoms with Crippen LogP contribution in [0.15, 0.2) is 24.3 Å². The SMILES string of the molecule is CC1(C)CN(Cc2ccc(N)cc2)CC(CO)O1. The molecule has 0 radical (unpaired) electrons. The highest BCUT2D eigenvalue weighted by molar-refractivity contribution is 5.39. The van der Waals surface area contributed by atoms with Crippen LogP contribution in [-0.4, -0.2) is 41.4 Å². The minimum Gasteiger partial charge on any atom is -0.399 e. The van der Waals surface area contributed by atoms with Crippen molar-refractivity contribution in [1.82, 2.24) is 4.90 Å². The second kappa shape index (κ2) is 5.26. The average molecular weight is 250 g/mol. The van der Waals surface area contributed by atoms with Crippen LogP contribution < -0.4 is 5.73 Å². The molecule has 1 saturated heterocycles. The van der Waals surface area contributed by atoms with E-state index in [-0.39, 0.29) is 18.3 Å². The van der Waals surface area contributed by atoms with Gasteiger partial charge < -0.3 is 15.6 Å². The quantitative estimate of drug-likeness (QED) is 0.792. The van der Waals surface area contributed by atoms with Gasteiger partial charge in [-0.05, 0) is 31.5 Å². The van der Waals surface area contributed by atoms with Gasteiger partial charge in [-0.2, -0.15) is 0 Å². The lowest BCUT2D eigenvalue weighted by Gasteiger charge is -2.42. The van der Waals surface area contributed by atoms with Crippen LogP contribution in [0.25, 0.3) is 0 Å². The van der Waals surface area contributed by atoms with Crippen LogP contribution in [-0.2, 0) is 11.3 Å². The highest BCUT2D eigenvalue weighted by Crippen LogP contribution is 2.22. The van der Waals surface area contributed by atoms with E-state index >= 15 is 0 Å². The standard InChI is InChI=1S/C14H22N2O2/c1-14(2)10-16(8-13(9-17)18-14)7-11-3-5-12(15)6-4-11/h3-6,13,17H,7-10,15H2,1-2H3. The molecular formula is C14H22N2O2. The van der Waals surface area contributed by atoms with Gasteiger partial charge in [-0.3, -0.25) is 4.90 Å². The minimum atomic E-state index is -0.209. The van der Waals surface area contributed by atoms with E-state index in [0.717, 1.165) is 25.3 Å². The van der Waals surface area contributed by atoms with Gasteiger partial charge in [0.25, 0.3) is 0 Å². The number of morpholine rings is 1. The molecule has 1 aromatic rings. The summed E-state index contributed by atoms with van der Waals surface area (Å²) < 4.78 is 5.80. The Labute approximate surface area is 108 Å². The normalized spacial score (nSPS) is 24.1. The lowest BCUT2D eigenvalue weighted by molar-refractivity contribution is -0.150. The second-order valence-electron chi connectivity index (χ2n) is 5.59. The minimum absolute atomic E-state index is 0.0711. The van der Waals surface area contributed by atoms with Crippen LogP contribution in [0.3, 0.4) is 0 Å². The number of anilines is 1. The number of aliphatic hydroxyl groups is 1. The van der Waals surface area contributed by atoms with Gasteiger partial charge in [0.2, 0.25) is 0 Å². The summed E-state index contributed by atoms with van der Waals surface area (Å²) in [4.78, 5) is 2.32. The second-order valence-corrected chi connectivity index (χ2v) is 5.59. The Morgan fingerprint density at radius 2 is 2.06 bits per heavy atom. The summed E-state index contributed by atoms with van der Waals surface area (Å²) in [6, 6.07) is 7.94. The maximum Gasteiger partial charge on any atom is 0.0940 e. The van der Waals surface area contributed by atoms with E-state index in [1.807, 2.05) is 24.3 Å². The molecule has 1 aromatic carbocycles. The first-order chi connectivity index (χ1) is 8.48. The van der Waals surface area contributed by atoms with E-state index in [9.17, 15) is 5.11 Å². The molecule has 4 heteroatoms. The first-order valence-corrected chi connectivity index (χ1v) is 6.34. The summed E-state index contributed by atoms with van der Waals surface area (Å²) in [5.74, 6) is 0. The number of rotatable bonds is 3. The topological polar surface area (TPSA) is 58.7 Å². The number of nitrogen functional groups attached to an aromatic ring is 1. The lowest BCUT2D eigenvalue weighted by atomic mass is 10.0. The Balaban J connectivity index is 2.02. The van der Waals surface area contributed by atoms with Crippen LogP contribution in [0, 0.1) is 0 Å². The molecule has 1 aliphatic heterocycles. The molecule has 1 heterocycles. The Bertz CT molecular complexity index is 389. The first-order valence-electron chi connectivity index (χ1n) is 6.34. The van der Waals surface area contributed by atoms with Crippen molar-refractivity contribution >= 4 is 5.69 Å². The number of hydrogen-bond acceptors (Lipinski definition) is 4. The predicted molar refractivity (Wildman–Crippen MR) is 72.2 cm³/mol. The summed E-state index contributed by atoms with van der Waals surface area (Å²) in [5.41, 5.74) is 7.49. The van der Waals surface area contributed by atoms with Gasteiger partial charge in [0.15, 0.2) is 0 Å². The summed E-state index contributed by atoms with van der Waals surface area (Å²) >= 11 is 0. The Morgan fingerprint density at radius 3 is 2.67 bits per heavy atom. The lowest BCUT2D eigenvalue weighted by Crippen LogP contribution is -2.53. The molecule has 100 valence electrons. The fourth-order valence-electron chi connectivity index (χ4n) is 2.51. The molecule has 0 bridgehead atoms. The Kier molecular flexibility index (Phi) is 3.90. The molecule has 2 rings (SSSR count). The molecule has 0 amide bonds. The van der Waals surface area contributed by atoms with Crippen LogP contribution >= 0.6 is 0 Å². The maximum absolute atomic E-state index is 9.28. The van der Waals surface area contributed by atoms with Crippen LogP contribution in [0.2, 0.25) is 0 Å².